The second-order valence-electron chi connectivity index (χ2n) is 5.91. The van der Waals surface area contributed by atoms with Crippen LogP contribution in [0.2, 0.25) is 0 Å². The Morgan fingerprint density at radius 3 is 2.48 bits per heavy atom. The predicted octanol–water partition coefficient (Wildman–Crippen LogP) is 3.40. The van der Waals surface area contributed by atoms with Crippen LogP contribution in [0.4, 0.5) is 0 Å². The number of aliphatic hydroxyl groups is 1. The van der Waals surface area contributed by atoms with Gasteiger partial charge in [-0.2, -0.15) is 11.8 Å². The zero-order valence-electron chi connectivity index (χ0n) is 14.0. The molecule has 0 radical (unpaired) electrons. The third kappa shape index (κ3) is 4.39. The normalized spacial score (nSPS) is 13.6. The van der Waals surface area contributed by atoms with Gasteiger partial charge in [0.2, 0.25) is 0 Å². The molecule has 1 aromatic heterocycles. The van der Waals surface area contributed by atoms with E-state index in [-0.39, 0.29) is 12.5 Å². The minimum Gasteiger partial charge on any atom is -0.466 e. The predicted molar refractivity (Wildman–Crippen MR) is 93.7 cm³/mol. The monoisotopic (exact) mass is 333 g/mol. The maximum Gasteiger partial charge on any atom is 0.251 e. The molecular formula is C18H23NO3S. The summed E-state index contributed by atoms with van der Waals surface area (Å²) >= 11 is 1.74. The topological polar surface area (TPSA) is 62.5 Å². The molecule has 2 aromatic rings. The Bertz CT molecular complexity index is 674. The molecule has 0 saturated carbocycles. The molecule has 1 amide bonds. The second-order valence-corrected chi connectivity index (χ2v) is 6.78. The lowest BCUT2D eigenvalue weighted by atomic mass is 9.96. The van der Waals surface area contributed by atoms with E-state index in [1.807, 2.05) is 44.4 Å². The maximum atomic E-state index is 12.2. The van der Waals surface area contributed by atoms with Gasteiger partial charge in [-0.05, 0) is 50.8 Å². The number of rotatable bonds is 6. The molecule has 0 spiro atoms. The number of thioether (sulfide) groups is 1. The Morgan fingerprint density at radius 1 is 1.30 bits per heavy atom. The first kappa shape index (κ1) is 17.6. The molecule has 0 bridgehead atoms. The Labute approximate surface area is 141 Å². The molecule has 124 valence electrons. The minimum absolute atomic E-state index is 0.123. The molecular weight excluding hydrogens is 310 g/mol. The highest BCUT2D eigenvalue weighted by molar-refractivity contribution is 7.97. The number of furan rings is 1. The molecule has 0 fully saturated rings. The average molecular weight is 333 g/mol. The third-order valence-corrected chi connectivity index (χ3v) is 4.36. The van der Waals surface area contributed by atoms with Gasteiger partial charge in [0, 0.05) is 16.9 Å². The highest BCUT2D eigenvalue weighted by atomic mass is 32.2. The number of carbonyl (C=O) groups is 1. The standard InChI is InChI=1S/C18H23NO3S/c1-12-9-16(13(2)22-12)18(3,21)11-19-17(20)15-7-5-14(6-8-15)10-23-4/h5-9,21H,10-11H2,1-4H3,(H,19,20). The van der Waals surface area contributed by atoms with E-state index in [9.17, 15) is 9.90 Å². The first-order chi connectivity index (χ1) is 10.8. The van der Waals surface area contributed by atoms with Crippen molar-refractivity contribution in [3.8, 4) is 0 Å². The molecule has 0 aliphatic rings. The summed E-state index contributed by atoms with van der Waals surface area (Å²) in [6.45, 7) is 5.44. The molecule has 1 aromatic carbocycles. The van der Waals surface area contributed by atoms with Crippen molar-refractivity contribution < 1.29 is 14.3 Å². The summed E-state index contributed by atoms with van der Waals surface area (Å²) < 4.78 is 5.45. The Morgan fingerprint density at radius 2 is 1.96 bits per heavy atom. The van der Waals surface area contributed by atoms with E-state index in [4.69, 9.17) is 4.42 Å². The van der Waals surface area contributed by atoms with Crippen LogP contribution in [-0.2, 0) is 11.4 Å². The van der Waals surface area contributed by atoms with Crippen LogP contribution in [-0.4, -0.2) is 23.8 Å². The van der Waals surface area contributed by atoms with E-state index in [0.29, 0.717) is 16.9 Å². The quantitative estimate of drug-likeness (QED) is 0.850. The van der Waals surface area contributed by atoms with Crippen molar-refractivity contribution in [2.75, 3.05) is 12.8 Å². The zero-order valence-corrected chi connectivity index (χ0v) is 14.8. The van der Waals surface area contributed by atoms with Crippen molar-refractivity contribution in [2.45, 2.75) is 32.1 Å². The molecule has 4 nitrogen and oxygen atoms in total. The molecule has 1 heterocycles. The summed E-state index contributed by atoms with van der Waals surface area (Å²) in [5, 5.41) is 13.4. The average Bonchev–Trinajstić information content (AvgIpc) is 2.85. The smallest absolute Gasteiger partial charge is 0.251 e. The lowest BCUT2D eigenvalue weighted by Gasteiger charge is -2.23. The third-order valence-electron chi connectivity index (χ3n) is 3.74. The SMILES string of the molecule is CSCc1ccc(C(=O)NCC(C)(O)c2cc(C)oc2C)cc1. The number of hydrogen-bond acceptors (Lipinski definition) is 4. The molecule has 0 aliphatic carbocycles. The van der Waals surface area contributed by atoms with Crippen LogP contribution >= 0.6 is 11.8 Å². The lowest BCUT2D eigenvalue weighted by Crippen LogP contribution is -2.38. The number of carbonyl (C=O) groups excluding carboxylic acids is 1. The number of hydrogen-bond donors (Lipinski definition) is 2. The fourth-order valence-corrected chi connectivity index (χ4v) is 3.06. The van der Waals surface area contributed by atoms with Crippen molar-refractivity contribution in [3.63, 3.8) is 0 Å². The van der Waals surface area contributed by atoms with Crippen molar-refractivity contribution in [3.05, 3.63) is 58.5 Å². The van der Waals surface area contributed by atoms with E-state index in [0.717, 1.165) is 11.5 Å². The molecule has 0 saturated heterocycles. The van der Waals surface area contributed by atoms with Gasteiger partial charge in [-0.25, -0.2) is 0 Å². The molecule has 1 atom stereocenters. The molecule has 0 aliphatic heterocycles. The zero-order chi connectivity index (χ0) is 17.0. The molecule has 1 unspecified atom stereocenters. The number of amides is 1. The second kappa shape index (κ2) is 7.23. The summed E-state index contributed by atoms with van der Waals surface area (Å²) in [6, 6.07) is 9.32. The van der Waals surface area contributed by atoms with Crippen LogP contribution in [0.25, 0.3) is 0 Å². The highest BCUT2D eigenvalue weighted by Crippen LogP contribution is 2.26. The van der Waals surface area contributed by atoms with Gasteiger partial charge in [-0.15, -0.1) is 0 Å². The fourth-order valence-electron chi connectivity index (χ4n) is 2.53. The van der Waals surface area contributed by atoms with Crippen molar-refractivity contribution in [2.24, 2.45) is 0 Å². The molecule has 5 heteroatoms. The van der Waals surface area contributed by atoms with Crippen molar-refractivity contribution in [1.29, 1.82) is 0 Å². The van der Waals surface area contributed by atoms with E-state index in [1.165, 1.54) is 5.56 Å². The van der Waals surface area contributed by atoms with Crippen LogP contribution in [0.1, 0.15) is 39.9 Å². The van der Waals surface area contributed by atoms with Gasteiger partial charge in [0.05, 0.1) is 6.54 Å². The number of nitrogens with one attached hydrogen (secondary N) is 1. The number of aryl methyl sites for hydroxylation is 2. The van der Waals surface area contributed by atoms with Crippen LogP contribution < -0.4 is 5.32 Å². The molecule has 2 rings (SSSR count). The summed E-state index contributed by atoms with van der Waals surface area (Å²) in [4.78, 5) is 12.2. The van der Waals surface area contributed by atoms with E-state index in [1.54, 1.807) is 24.8 Å². The molecule has 2 N–H and O–H groups in total. The summed E-state index contributed by atoms with van der Waals surface area (Å²) in [7, 11) is 0. The Balaban J connectivity index is 2.01. The Kier molecular flexibility index (Phi) is 5.55. The first-order valence-electron chi connectivity index (χ1n) is 7.49. The summed E-state index contributed by atoms with van der Waals surface area (Å²) in [5.74, 6) is 2.14. The minimum atomic E-state index is -1.17. The highest BCUT2D eigenvalue weighted by Gasteiger charge is 2.28. The van der Waals surface area contributed by atoms with Crippen molar-refractivity contribution in [1.82, 2.24) is 5.32 Å². The lowest BCUT2D eigenvalue weighted by molar-refractivity contribution is 0.0514. The van der Waals surface area contributed by atoms with Crippen LogP contribution in [0.3, 0.4) is 0 Å². The van der Waals surface area contributed by atoms with E-state index >= 15 is 0 Å². The van der Waals surface area contributed by atoms with Gasteiger partial charge in [-0.1, -0.05) is 12.1 Å². The fraction of sp³-hybridized carbons (Fsp3) is 0.389. The Hall–Kier alpha value is -1.72. The van der Waals surface area contributed by atoms with Crippen LogP contribution in [0, 0.1) is 13.8 Å². The number of benzene rings is 1. The van der Waals surface area contributed by atoms with Gasteiger partial charge in [-0.3, -0.25) is 4.79 Å². The van der Waals surface area contributed by atoms with Gasteiger partial charge in [0.1, 0.15) is 17.1 Å². The van der Waals surface area contributed by atoms with E-state index < -0.39 is 5.60 Å². The maximum absolute atomic E-state index is 12.2. The van der Waals surface area contributed by atoms with Crippen molar-refractivity contribution >= 4 is 17.7 Å². The van der Waals surface area contributed by atoms with E-state index in [2.05, 4.69) is 5.32 Å². The van der Waals surface area contributed by atoms with Gasteiger partial charge in [0.25, 0.3) is 5.91 Å². The van der Waals surface area contributed by atoms with Crippen LogP contribution in [0.5, 0.6) is 0 Å². The first-order valence-corrected chi connectivity index (χ1v) is 8.89. The van der Waals surface area contributed by atoms with Crippen LogP contribution in [0.15, 0.2) is 34.7 Å². The van der Waals surface area contributed by atoms with Gasteiger partial charge < -0.3 is 14.8 Å². The molecule has 23 heavy (non-hydrogen) atoms. The summed E-state index contributed by atoms with van der Waals surface area (Å²) in [5.41, 5.74) is 1.30. The van der Waals surface area contributed by atoms with Gasteiger partial charge >= 0.3 is 0 Å². The van der Waals surface area contributed by atoms with Gasteiger partial charge in [0.15, 0.2) is 0 Å². The largest absolute Gasteiger partial charge is 0.466 e. The summed E-state index contributed by atoms with van der Waals surface area (Å²) in [6.07, 6.45) is 2.04.